The summed E-state index contributed by atoms with van der Waals surface area (Å²) in [6, 6.07) is 0.247. The number of fused-ring (bicyclic) bond motifs is 1. The monoisotopic (exact) mass is 320 g/mol. The van der Waals surface area contributed by atoms with Crippen LogP contribution < -0.4 is 4.74 Å². The van der Waals surface area contributed by atoms with Crippen molar-refractivity contribution in [3.8, 4) is 5.75 Å². The Morgan fingerprint density at radius 1 is 1.35 bits per heavy atom. The number of aromatic nitrogens is 1. The van der Waals surface area contributed by atoms with Gasteiger partial charge in [0.15, 0.2) is 0 Å². The van der Waals surface area contributed by atoms with Gasteiger partial charge in [0.25, 0.3) is 0 Å². The summed E-state index contributed by atoms with van der Waals surface area (Å²) in [6.45, 7) is 8.44. The summed E-state index contributed by atoms with van der Waals surface area (Å²) in [4.78, 5) is 6.92. The molecule has 2 aliphatic heterocycles. The first-order valence-corrected chi connectivity index (χ1v) is 8.65. The molecule has 0 amide bonds. The van der Waals surface area contributed by atoms with Crippen LogP contribution in [0.4, 0.5) is 0 Å². The maximum absolute atomic E-state index is 9.71. The SMILES string of the molecule is Cc1ncc(CN2CCCCCC2CO)c2c1OC(C)(C)OC2. The van der Waals surface area contributed by atoms with Gasteiger partial charge in [0.1, 0.15) is 5.75 Å². The van der Waals surface area contributed by atoms with E-state index >= 15 is 0 Å². The van der Waals surface area contributed by atoms with E-state index in [0.29, 0.717) is 6.61 Å². The van der Waals surface area contributed by atoms with E-state index in [1.54, 1.807) is 0 Å². The predicted molar refractivity (Wildman–Crippen MR) is 88.2 cm³/mol. The highest BCUT2D eigenvalue weighted by Crippen LogP contribution is 2.35. The topological polar surface area (TPSA) is 54.8 Å². The van der Waals surface area contributed by atoms with Gasteiger partial charge >= 0.3 is 0 Å². The van der Waals surface area contributed by atoms with Crippen molar-refractivity contribution < 1.29 is 14.6 Å². The average molecular weight is 320 g/mol. The van der Waals surface area contributed by atoms with Crippen LogP contribution in [0.15, 0.2) is 6.20 Å². The molecule has 0 spiro atoms. The first kappa shape index (κ1) is 16.7. The standard InChI is InChI=1S/C18H28N2O3/c1-13-17-16(12-22-18(2,3)23-17)14(9-19-13)10-20-8-6-4-5-7-15(20)11-21/h9,15,21H,4-8,10-12H2,1-3H3. The Kier molecular flexibility index (Phi) is 4.90. The van der Waals surface area contributed by atoms with E-state index in [1.807, 2.05) is 27.0 Å². The second-order valence-corrected chi connectivity index (χ2v) is 7.12. The van der Waals surface area contributed by atoms with E-state index in [4.69, 9.17) is 9.47 Å². The van der Waals surface area contributed by atoms with Crippen LogP contribution in [0.25, 0.3) is 0 Å². The summed E-state index contributed by atoms with van der Waals surface area (Å²) in [5, 5.41) is 9.71. The van der Waals surface area contributed by atoms with E-state index < -0.39 is 5.79 Å². The highest BCUT2D eigenvalue weighted by molar-refractivity contribution is 5.42. The van der Waals surface area contributed by atoms with E-state index in [0.717, 1.165) is 42.1 Å². The van der Waals surface area contributed by atoms with Gasteiger partial charge in [-0.2, -0.15) is 0 Å². The molecular weight excluding hydrogens is 292 g/mol. The number of likely N-dealkylation sites (tertiary alicyclic amines) is 1. The summed E-state index contributed by atoms with van der Waals surface area (Å²) in [6.07, 6.45) is 6.65. The molecule has 3 heterocycles. The van der Waals surface area contributed by atoms with Crippen LogP contribution in [0.3, 0.4) is 0 Å². The van der Waals surface area contributed by atoms with Crippen molar-refractivity contribution in [2.75, 3.05) is 13.2 Å². The van der Waals surface area contributed by atoms with Crippen LogP contribution in [0.2, 0.25) is 0 Å². The Bertz CT molecular complexity index is 559. The smallest absolute Gasteiger partial charge is 0.205 e. The largest absolute Gasteiger partial charge is 0.461 e. The molecule has 128 valence electrons. The fraction of sp³-hybridized carbons (Fsp3) is 0.722. The number of pyridine rings is 1. The molecule has 1 N–H and O–H groups in total. The number of ether oxygens (including phenoxy) is 2. The summed E-state index contributed by atoms with van der Waals surface area (Å²) >= 11 is 0. The van der Waals surface area contributed by atoms with Gasteiger partial charge in [-0.25, -0.2) is 0 Å². The normalized spacial score (nSPS) is 24.6. The van der Waals surface area contributed by atoms with Crippen molar-refractivity contribution in [3.05, 3.63) is 23.0 Å². The zero-order chi connectivity index (χ0) is 16.4. The molecule has 1 saturated heterocycles. The number of hydrogen-bond acceptors (Lipinski definition) is 5. The predicted octanol–water partition coefficient (Wildman–Crippen LogP) is 2.77. The minimum atomic E-state index is -0.603. The number of hydrogen-bond donors (Lipinski definition) is 1. The summed E-state index contributed by atoms with van der Waals surface area (Å²) in [5.41, 5.74) is 3.17. The zero-order valence-corrected chi connectivity index (χ0v) is 14.5. The second kappa shape index (κ2) is 6.75. The van der Waals surface area contributed by atoms with Gasteiger partial charge < -0.3 is 14.6 Å². The van der Waals surface area contributed by atoms with Gasteiger partial charge in [-0.3, -0.25) is 9.88 Å². The molecule has 1 aromatic rings. The van der Waals surface area contributed by atoms with Crippen LogP contribution in [0.1, 0.15) is 56.4 Å². The summed E-state index contributed by atoms with van der Waals surface area (Å²) < 4.78 is 11.8. The molecule has 0 bridgehead atoms. The third kappa shape index (κ3) is 3.67. The van der Waals surface area contributed by atoms with Gasteiger partial charge in [-0.1, -0.05) is 12.8 Å². The van der Waals surface area contributed by atoms with Gasteiger partial charge in [-0.05, 0) is 31.9 Å². The summed E-state index contributed by atoms with van der Waals surface area (Å²) in [7, 11) is 0. The van der Waals surface area contributed by atoms with Gasteiger partial charge in [-0.15, -0.1) is 0 Å². The number of rotatable bonds is 3. The first-order valence-electron chi connectivity index (χ1n) is 8.65. The number of aliphatic hydroxyl groups is 1. The van der Waals surface area contributed by atoms with E-state index in [1.165, 1.54) is 19.3 Å². The highest BCUT2D eigenvalue weighted by atomic mass is 16.7. The van der Waals surface area contributed by atoms with Gasteiger partial charge in [0.05, 0.1) is 18.9 Å². The lowest BCUT2D eigenvalue weighted by atomic mass is 10.0. The fourth-order valence-electron chi connectivity index (χ4n) is 3.50. The van der Waals surface area contributed by atoms with Crippen molar-refractivity contribution >= 4 is 0 Å². The lowest BCUT2D eigenvalue weighted by molar-refractivity contribution is -0.181. The van der Waals surface area contributed by atoms with Gasteiger partial charge in [0, 0.05) is 38.2 Å². The summed E-state index contributed by atoms with van der Waals surface area (Å²) in [5.74, 6) is 0.267. The third-order valence-corrected chi connectivity index (χ3v) is 4.90. The number of aryl methyl sites for hydroxylation is 1. The lowest BCUT2D eigenvalue weighted by Gasteiger charge is -2.35. The van der Waals surface area contributed by atoms with E-state index in [2.05, 4.69) is 9.88 Å². The van der Waals surface area contributed by atoms with E-state index in [-0.39, 0.29) is 12.6 Å². The molecule has 1 unspecified atom stereocenters. The van der Waals surface area contributed by atoms with Crippen LogP contribution in [0.5, 0.6) is 5.75 Å². The third-order valence-electron chi connectivity index (χ3n) is 4.90. The average Bonchev–Trinajstić information content (AvgIpc) is 2.74. The molecule has 0 aromatic carbocycles. The van der Waals surface area contributed by atoms with Crippen molar-refractivity contribution in [1.82, 2.24) is 9.88 Å². The quantitative estimate of drug-likeness (QED) is 0.928. The minimum absolute atomic E-state index is 0.224. The first-order chi connectivity index (χ1) is 11.0. The van der Waals surface area contributed by atoms with E-state index in [9.17, 15) is 5.11 Å². The molecule has 5 heteroatoms. The molecule has 23 heavy (non-hydrogen) atoms. The molecular formula is C18H28N2O3. The van der Waals surface area contributed by atoms with Crippen molar-refractivity contribution in [1.29, 1.82) is 0 Å². The molecule has 5 nitrogen and oxygen atoms in total. The fourth-order valence-corrected chi connectivity index (χ4v) is 3.50. The number of aliphatic hydroxyl groups excluding tert-OH is 1. The molecule has 0 radical (unpaired) electrons. The van der Waals surface area contributed by atoms with Crippen LogP contribution >= 0.6 is 0 Å². The molecule has 1 fully saturated rings. The van der Waals surface area contributed by atoms with Crippen molar-refractivity contribution in [2.45, 2.75) is 71.4 Å². The molecule has 0 aliphatic carbocycles. The molecule has 0 saturated carbocycles. The molecule has 3 rings (SSSR count). The van der Waals surface area contributed by atoms with Crippen LogP contribution in [-0.4, -0.2) is 40.0 Å². The Balaban J connectivity index is 1.86. The lowest BCUT2D eigenvalue weighted by Crippen LogP contribution is -2.39. The van der Waals surface area contributed by atoms with Crippen LogP contribution in [-0.2, 0) is 17.9 Å². The molecule has 2 aliphatic rings. The Labute approximate surface area is 138 Å². The van der Waals surface area contributed by atoms with Gasteiger partial charge in [0.2, 0.25) is 5.79 Å². The molecule has 1 aromatic heterocycles. The maximum atomic E-state index is 9.71. The maximum Gasteiger partial charge on any atom is 0.205 e. The highest BCUT2D eigenvalue weighted by Gasteiger charge is 2.31. The Morgan fingerprint density at radius 3 is 2.96 bits per heavy atom. The van der Waals surface area contributed by atoms with Crippen molar-refractivity contribution in [3.63, 3.8) is 0 Å². The second-order valence-electron chi connectivity index (χ2n) is 7.12. The minimum Gasteiger partial charge on any atom is -0.461 e. The molecule has 1 atom stereocenters. The number of nitrogens with zero attached hydrogens (tertiary/aromatic N) is 2. The Hall–Kier alpha value is -1.17. The Morgan fingerprint density at radius 2 is 2.17 bits per heavy atom. The van der Waals surface area contributed by atoms with Crippen LogP contribution in [0, 0.1) is 6.92 Å². The van der Waals surface area contributed by atoms with Crippen molar-refractivity contribution in [2.24, 2.45) is 0 Å². The zero-order valence-electron chi connectivity index (χ0n) is 14.5.